The number of carbonyl (C=O) groups is 1. The summed E-state index contributed by atoms with van der Waals surface area (Å²) in [6, 6.07) is 0. The molecule has 15 heavy (non-hydrogen) atoms. The normalized spacial score (nSPS) is 16.5. The van der Waals surface area contributed by atoms with Crippen LogP contribution in [0.25, 0.3) is 0 Å². The lowest BCUT2D eigenvalue weighted by molar-refractivity contribution is -0.137. The van der Waals surface area contributed by atoms with E-state index >= 15 is 0 Å². The zero-order valence-corrected chi connectivity index (χ0v) is 9.90. The molecule has 6 heteroatoms. The van der Waals surface area contributed by atoms with Crippen molar-refractivity contribution in [2.24, 2.45) is 0 Å². The Morgan fingerprint density at radius 3 is 2.73 bits per heavy atom. The van der Waals surface area contributed by atoms with Crippen LogP contribution in [0.3, 0.4) is 0 Å². The van der Waals surface area contributed by atoms with Crippen LogP contribution in [0.1, 0.15) is 20.3 Å². The van der Waals surface area contributed by atoms with Crippen molar-refractivity contribution >= 4 is 13.6 Å². The van der Waals surface area contributed by atoms with E-state index in [0.717, 1.165) is 6.08 Å². The third-order valence-electron chi connectivity index (χ3n) is 1.70. The summed E-state index contributed by atoms with van der Waals surface area (Å²) in [4.78, 5) is 19.9. The summed E-state index contributed by atoms with van der Waals surface area (Å²) in [5.41, 5.74) is 0. The highest BCUT2D eigenvalue weighted by atomic mass is 31.2. The van der Waals surface area contributed by atoms with Crippen LogP contribution in [0.5, 0.6) is 0 Å². The number of esters is 1. The Bertz CT molecular complexity index is 263. The molecule has 0 aliphatic carbocycles. The van der Waals surface area contributed by atoms with E-state index in [9.17, 15) is 14.3 Å². The minimum Gasteiger partial charge on any atom is -0.462 e. The highest BCUT2D eigenvalue weighted by Crippen LogP contribution is 2.43. The minimum absolute atomic E-state index is 0.144. The molecule has 2 atom stereocenters. The maximum atomic E-state index is 11.4. The van der Waals surface area contributed by atoms with Gasteiger partial charge in [0.2, 0.25) is 0 Å². The van der Waals surface area contributed by atoms with Crippen molar-refractivity contribution in [3.63, 3.8) is 0 Å². The Morgan fingerprint density at radius 2 is 2.27 bits per heavy atom. The van der Waals surface area contributed by atoms with E-state index in [1.54, 1.807) is 6.92 Å². The number of hydrogen-bond donors (Lipinski definition) is 1. The Hall–Kier alpha value is -0.640. The molecule has 5 nitrogen and oxygen atoms in total. The molecular formula is C9H17O5P. The van der Waals surface area contributed by atoms with Gasteiger partial charge in [-0.2, -0.15) is 0 Å². The Kier molecular flexibility index (Phi) is 6.48. The van der Waals surface area contributed by atoms with Crippen LogP contribution in [0.2, 0.25) is 0 Å². The smallest absolute Gasteiger partial charge is 0.331 e. The van der Waals surface area contributed by atoms with Gasteiger partial charge in [0.05, 0.1) is 12.3 Å². The molecule has 2 unspecified atom stereocenters. The van der Waals surface area contributed by atoms with E-state index in [1.807, 2.05) is 6.92 Å². The van der Waals surface area contributed by atoms with Crippen molar-refractivity contribution in [1.82, 2.24) is 0 Å². The first-order valence-corrected chi connectivity index (χ1v) is 6.47. The standard InChI is InChI=1S/C9H17O5P/c1-4-8(3)14-15(11,12)7-6-13-9(10)5-2/h5,8H,2,4,6-7H2,1,3H3,(H,11,12). The predicted molar refractivity (Wildman–Crippen MR) is 56.7 cm³/mol. The molecule has 0 heterocycles. The molecular weight excluding hydrogens is 219 g/mol. The van der Waals surface area contributed by atoms with Gasteiger partial charge in [0.25, 0.3) is 0 Å². The van der Waals surface area contributed by atoms with Gasteiger partial charge in [-0.05, 0) is 13.3 Å². The average molecular weight is 236 g/mol. The predicted octanol–water partition coefficient (Wildman–Crippen LogP) is 1.72. The topological polar surface area (TPSA) is 72.8 Å². The van der Waals surface area contributed by atoms with Gasteiger partial charge in [-0.25, -0.2) is 4.79 Å². The summed E-state index contributed by atoms with van der Waals surface area (Å²) in [6.07, 6.45) is 1.17. The first-order valence-electron chi connectivity index (χ1n) is 4.70. The third kappa shape index (κ3) is 7.31. The average Bonchev–Trinajstić information content (AvgIpc) is 2.16. The van der Waals surface area contributed by atoms with Crippen molar-refractivity contribution < 1.29 is 23.5 Å². The first kappa shape index (κ1) is 14.4. The summed E-state index contributed by atoms with van der Waals surface area (Å²) >= 11 is 0. The van der Waals surface area contributed by atoms with E-state index in [2.05, 4.69) is 11.3 Å². The van der Waals surface area contributed by atoms with Gasteiger partial charge < -0.3 is 14.2 Å². The molecule has 0 aliphatic heterocycles. The minimum atomic E-state index is -3.64. The maximum absolute atomic E-state index is 11.4. The zero-order chi connectivity index (χ0) is 11.9. The molecule has 0 aromatic carbocycles. The van der Waals surface area contributed by atoms with Crippen molar-refractivity contribution in [3.8, 4) is 0 Å². The molecule has 0 saturated carbocycles. The Labute approximate surface area is 89.6 Å². The maximum Gasteiger partial charge on any atom is 0.331 e. The number of hydrogen-bond acceptors (Lipinski definition) is 4. The molecule has 0 fully saturated rings. The van der Waals surface area contributed by atoms with Crippen molar-refractivity contribution in [2.45, 2.75) is 26.4 Å². The molecule has 0 amide bonds. The molecule has 0 bridgehead atoms. The van der Waals surface area contributed by atoms with E-state index in [-0.39, 0.29) is 18.9 Å². The van der Waals surface area contributed by atoms with Gasteiger partial charge in [0.1, 0.15) is 6.61 Å². The molecule has 1 N–H and O–H groups in total. The molecule has 0 rings (SSSR count). The second-order valence-corrected chi connectivity index (χ2v) is 4.99. The summed E-state index contributed by atoms with van der Waals surface area (Å²) in [6.45, 7) is 6.61. The summed E-state index contributed by atoms with van der Waals surface area (Å²) in [7, 11) is -3.64. The second-order valence-electron chi connectivity index (χ2n) is 3.06. The molecule has 88 valence electrons. The molecule has 0 aromatic heterocycles. The fraction of sp³-hybridized carbons (Fsp3) is 0.667. The second kappa shape index (κ2) is 6.77. The number of carbonyl (C=O) groups excluding carboxylic acids is 1. The lowest BCUT2D eigenvalue weighted by atomic mass is 10.3. The largest absolute Gasteiger partial charge is 0.462 e. The van der Waals surface area contributed by atoms with Gasteiger partial charge in [-0.15, -0.1) is 0 Å². The van der Waals surface area contributed by atoms with Crippen LogP contribution in [0.4, 0.5) is 0 Å². The van der Waals surface area contributed by atoms with Crippen LogP contribution in [-0.4, -0.2) is 29.7 Å². The van der Waals surface area contributed by atoms with Crippen LogP contribution in [0, 0.1) is 0 Å². The van der Waals surface area contributed by atoms with Crippen molar-refractivity contribution in [3.05, 3.63) is 12.7 Å². The Balaban J connectivity index is 3.88. The van der Waals surface area contributed by atoms with E-state index < -0.39 is 13.6 Å². The van der Waals surface area contributed by atoms with Gasteiger partial charge in [-0.1, -0.05) is 13.5 Å². The van der Waals surface area contributed by atoms with Crippen LogP contribution in [0.15, 0.2) is 12.7 Å². The summed E-state index contributed by atoms with van der Waals surface area (Å²) in [5, 5.41) is 0. The lowest BCUT2D eigenvalue weighted by Crippen LogP contribution is -2.11. The highest BCUT2D eigenvalue weighted by Gasteiger charge is 2.22. The summed E-state index contributed by atoms with van der Waals surface area (Å²) in [5.74, 6) is -0.612. The number of ether oxygens (including phenoxy) is 1. The molecule has 0 aliphatic rings. The SMILES string of the molecule is C=CC(=O)OCCP(=O)(O)OC(C)CC. The van der Waals surface area contributed by atoms with Gasteiger partial charge >= 0.3 is 13.6 Å². The van der Waals surface area contributed by atoms with E-state index in [0.29, 0.717) is 6.42 Å². The van der Waals surface area contributed by atoms with E-state index in [4.69, 9.17) is 4.52 Å². The monoisotopic (exact) mass is 236 g/mol. The highest BCUT2D eigenvalue weighted by molar-refractivity contribution is 7.52. The van der Waals surface area contributed by atoms with Gasteiger partial charge in [-0.3, -0.25) is 4.57 Å². The zero-order valence-electron chi connectivity index (χ0n) is 9.01. The molecule has 0 radical (unpaired) electrons. The van der Waals surface area contributed by atoms with Crippen LogP contribution < -0.4 is 0 Å². The first-order chi connectivity index (χ1) is 6.91. The fourth-order valence-corrected chi connectivity index (χ4v) is 1.87. The van der Waals surface area contributed by atoms with Crippen LogP contribution in [-0.2, 0) is 18.6 Å². The molecule has 0 aromatic rings. The van der Waals surface area contributed by atoms with E-state index in [1.165, 1.54) is 0 Å². The van der Waals surface area contributed by atoms with Crippen LogP contribution >= 0.6 is 7.60 Å². The summed E-state index contributed by atoms with van der Waals surface area (Å²) < 4.78 is 20.8. The fourth-order valence-electron chi connectivity index (χ4n) is 0.729. The number of rotatable bonds is 7. The lowest BCUT2D eigenvalue weighted by Gasteiger charge is -2.16. The van der Waals surface area contributed by atoms with Gasteiger partial charge in [0.15, 0.2) is 0 Å². The molecule has 0 saturated heterocycles. The van der Waals surface area contributed by atoms with Crippen molar-refractivity contribution in [2.75, 3.05) is 12.8 Å². The Morgan fingerprint density at radius 1 is 1.67 bits per heavy atom. The quantitative estimate of drug-likeness (QED) is 0.414. The van der Waals surface area contributed by atoms with Gasteiger partial charge in [0, 0.05) is 6.08 Å². The third-order valence-corrected chi connectivity index (χ3v) is 3.14. The molecule has 0 spiro atoms. The van der Waals surface area contributed by atoms with Crippen molar-refractivity contribution in [1.29, 1.82) is 0 Å².